The molecule has 1 aromatic carbocycles. The highest BCUT2D eigenvalue weighted by atomic mass is 16.2. The second kappa shape index (κ2) is 12.3. The average molecular weight is 439 g/mol. The molecule has 174 valence electrons. The van der Waals surface area contributed by atoms with Gasteiger partial charge in [-0.1, -0.05) is 36.8 Å². The summed E-state index contributed by atoms with van der Waals surface area (Å²) in [5.41, 5.74) is 4.60. The Labute approximate surface area is 192 Å². The van der Waals surface area contributed by atoms with Gasteiger partial charge in [-0.3, -0.25) is 9.48 Å². The summed E-state index contributed by atoms with van der Waals surface area (Å²) in [6, 6.07) is 10.4. The molecule has 1 aliphatic rings. The van der Waals surface area contributed by atoms with Crippen molar-refractivity contribution >= 4 is 11.9 Å². The molecule has 0 radical (unpaired) electrons. The number of aromatic nitrogens is 2. The number of likely N-dealkylation sites (tertiary alicyclic amines) is 1. The molecule has 7 heteroatoms. The van der Waals surface area contributed by atoms with Crippen LogP contribution in [0.3, 0.4) is 0 Å². The number of benzene rings is 1. The Hall–Kier alpha value is -2.83. The van der Waals surface area contributed by atoms with Crippen LogP contribution >= 0.6 is 0 Å². The Morgan fingerprint density at radius 3 is 2.72 bits per heavy atom. The monoisotopic (exact) mass is 438 g/mol. The summed E-state index contributed by atoms with van der Waals surface area (Å²) in [5.74, 6) is 1.12. The Morgan fingerprint density at radius 2 is 1.94 bits per heavy atom. The minimum atomic E-state index is 0.307. The quantitative estimate of drug-likeness (QED) is 0.358. The number of aliphatic imine (C=N–C) groups is 1. The van der Waals surface area contributed by atoms with Gasteiger partial charge in [0.25, 0.3) is 0 Å². The second-order valence-corrected chi connectivity index (χ2v) is 8.46. The molecule has 2 N–H and O–H groups in total. The minimum Gasteiger partial charge on any atom is -0.357 e. The molecule has 0 atom stereocenters. The zero-order valence-electron chi connectivity index (χ0n) is 19.9. The maximum atomic E-state index is 12.1. The Morgan fingerprint density at radius 1 is 1.12 bits per heavy atom. The van der Waals surface area contributed by atoms with Crippen LogP contribution in [0.4, 0.5) is 0 Å². The van der Waals surface area contributed by atoms with Gasteiger partial charge in [0.1, 0.15) is 0 Å². The summed E-state index contributed by atoms with van der Waals surface area (Å²) < 4.78 is 2.06. The first-order valence-electron chi connectivity index (χ1n) is 11.9. The highest BCUT2D eigenvalue weighted by Crippen LogP contribution is 2.16. The lowest BCUT2D eigenvalue weighted by Crippen LogP contribution is -2.39. The van der Waals surface area contributed by atoms with Crippen LogP contribution < -0.4 is 10.6 Å². The summed E-state index contributed by atoms with van der Waals surface area (Å²) in [6.07, 6.45) is 4.95. The maximum absolute atomic E-state index is 12.1. The first-order chi connectivity index (χ1) is 15.6. The fourth-order valence-corrected chi connectivity index (χ4v) is 4.12. The van der Waals surface area contributed by atoms with Gasteiger partial charge < -0.3 is 15.5 Å². The third-order valence-electron chi connectivity index (χ3n) is 6.01. The Balaban J connectivity index is 1.54. The van der Waals surface area contributed by atoms with Crippen molar-refractivity contribution in [3.63, 3.8) is 0 Å². The molecule has 1 amide bonds. The van der Waals surface area contributed by atoms with E-state index in [1.54, 1.807) is 0 Å². The zero-order valence-corrected chi connectivity index (χ0v) is 19.9. The van der Waals surface area contributed by atoms with Crippen molar-refractivity contribution in [2.45, 2.75) is 66.0 Å². The van der Waals surface area contributed by atoms with Crippen LogP contribution in [0.2, 0.25) is 0 Å². The minimum absolute atomic E-state index is 0.307. The van der Waals surface area contributed by atoms with Crippen molar-refractivity contribution < 1.29 is 4.79 Å². The molecule has 0 aliphatic carbocycles. The van der Waals surface area contributed by atoms with Crippen molar-refractivity contribution in [1.29, 1.82) is 0 Å². The van der Waals surface area contributed by atoms with Crippen LogP contribution in [0.5, 0.6) is 0 Å². The molecule has 2 heterocycles. The maximum Gasteiger partial charge on any atom is 0.222 e. The Kier molecular flexibility index (Phi) is 9.13. The number of hydrogen-bond donors (Lipinski definition) is 2. The van der Waals surface area contributed by atoms with Crippen LogP contribution in [-0.2, 0) is 17.9 Å². The first-order valence-corrected chi connectivity index (χ1v) is 11.9. The van der Waals surface area contributed by atoms with E-state index in [2.05, 4.69) is 60.4 Å². The van der Waals surface area contributed by atoms with Crippen molar-refractivity contribution in [3.8, 4) is 0 Å². The van der Waals surface area contributed by atoms with Crippen LogP contribution in [0, 0.1) is 13.8 Å². The van der Waals surface area contributed by atoms with Gasteiger partial charge in [-0.05, 0) is 45.6 Å². The summed E-state index contributed by atoms with van der Waals surface area (Å²) >= 11 is 0. The molecule has 7 nitrogen and oxygen atoms in total. The van der Waals surface area contributed by atoms with Crippen molar-refractivity contribution in [2.75, 3.05) is 26.2 Å². The normalized spacial score (nSPS) is 15.0. The molecule has 32 heavy (non-hydrogen) atoms. The van der Waals surface area contributed by atoms with E-state index in [0.29, 0.717) is 18.9 Å². The number of guanidine groups is 1. The number of rotatable bonds is 9. The van der Waals surface area contributed by atoms with Gasteiger partial charge in [0.05, 0.1) is 18.8 Å². The molecule has 1 aromatic heterocycles. The average Bonchev–Trinajstić information content (AvgIpc) is 2.92. The number of aryl methyl sites for hydroxylation is 1. The molecule has 1 saturated heterocycles. The number of amides is 1. The lowest BCUT2D eigenvalue weighted by molar-refractivity contribution is -0.130. The predicted octanol–water partition coefficient (Wildman–Crippen LogP) is 3.40. The van der Waals surface area contributed by atoms with E-state index in [1.807, 2.05) is 11.0 Å². The lowest BCUT2D eigenvalue weighted by Gasteiger charge is -2.20. The molecule has 0 unspecified atom stereocenters. The molecule has 0 saturated carbocycles. The molecule has 0 bridgehead atoms. The molecular formula is C25H38N6O. The molecule has 2 aromatic rings. The number of nitrogens with zero attached hydrogens (tertiary/aromatic N) is 4. The van der Waals surface area contributed by atoms with Crippen molar-refractivity contribution in [3.05, 3.63) is 52.8 Å². The molecule has 1 fully saturated rings. The fraction of sp³-hybridized carbons (Fsp3) is 0.560. The highest BCUT2D eigenvalue weighted by molar-refractivity contribution is 5.79. The van der Waals surface area contributed by atoms with Crippen LogP contribution in [0.15, 0.2) is 35.3 Å². The van der Waals surface area contributed by atoms with E-state index < -0.39 is 0 Å². The largest absolute Gasteiger partial charge is 0.357 e. The van der Waals surface area contributed by atoms with Crippen molar-refractivity contribution in [2.24, 2.45) is 4.99 Å². The van der Waals surface area contributed by atoms with E-state index in [0.717, 1.165) is 69.3 Å². The molecule has 0 spiro atoms. The number of carbonyl (C=O) groups is 1. The standard InChI is InChI=1S/C25H38N6O/c1-4-26-25(27-15-11-17-30-16-10-6-9-14-24(30)32)28-18-23-20(2)29-31(21(23)3)19-22-12-7-5-8-13-22/h5,7-8,12-13H,4,6,9-11,14-19H2,1-3H3,(H2,26,27,28). The van der Waals surface area contributed by atoms with E-state index in [1.165, 1.54) is 17.5 Å². The van der Waals surface area contributed by atoms with Gasteiger partial charge in [0.15, 0.2) is 5.96 Å². The van der Waals surface area contributed by atoms with E-state index in [9.17, 15) is 4.79 Å². The van der Waals surface area contributed by atoms with Gasteiger partial charge >= 0.3 is 0 Å². The van der Waals surface area contributed by atoms with Crippen LogP contribution in [0.1, 0.15) is 61.5 Å². The third kappa shape index (κ3) is 6.84. The molecular weight excluding hydrogens is 400 g/mol. The first kappa shape index (κ1) is 23.8. The smallest absolute Gasteiger partial charge is 0.222 e. The number of carbonyl (C=O) groups excluding carboxylic acids is 1. The summed E-state index contributed by atoms with van der Waals surface area (Å²) in [4.78, 5) is 19.0. The molecule has 1 aliphatic heterocycles. The van der Waals surface area contributed by atoms with Crippen LogP contribution in [-0.4, -0.2) is 52.7 Å². The predicted molar refractivity (Wildman–Crippen MR) is 130 cm³/mol. The summed E-state index contributed by atoms with van der Waals surface area (Å²) in [5, 5.41) is 11.5. The van der Waals surface area contributed by atoms with E-state index in [-0.39, 0.29) is 0 Å². The van der Waals surface area contributed by atoms with E-state index >= 15 is 0 Å². The Bertz CT molecular complexity index is 889. The topological polar surface area (TPSA) is 74.6 Å². The van der Waals surface area contributed by atoms with Gasteiger partial charge in [-0.25, -0.2) is 4.99 Å². The molecule has 3 rings (SSSR count). The van der Waals surface area contributed by atoms with Crippen molar-refractivity contribution in [1.82, 2.24) is 25.3 Å². The van der Waals surface area contributed by atoms with Gasteiger partial charge in [-0.15, -0.1) is 0 Å². The second-order valence-electron chi connectivity index (χ2n) is 8.46. The third-order valence-corrected chi connectivity index (χ3v) is 6.01. The SMILES string of the molecule is CCNC(=NCc1c(C)nn(Cc2ccccc2)c1C)NCCCN1CCCCCC1=O. The number of nitrogens with one attached hydrogen (secondary N) is 2. The fourth-order valence-electron chi connectivity index (χ4n) is 4.12. The van der Waals surface area contributed by atoms with Crippen LogP contribution in [0.25, 0.3) is 0 Å². The van der Waals surface area contributed by atoms with Gasteiger partial charge in [-0.2, -0.15) is 5.10 Å². The van der Waals surface area contributed by atoms with E-state index in [4.69, 9.17) is 10.1 Å². The van der Waals surface area contributed by atoms with Gasteiger partial charge in [0.2, 0.25) is 5.91 Å². The highest BCUT2D eigenvalue weighted by Gasteiger charge is 2.16. The zero-order chi connectivity index (χ0) is 22.8. The number of hydrogen-bond acceptors (Lipinski definition) is 3. The summed E-state index contributed by atoms with van der Waals surface area (Å²) in [6.45, 7) is 10.9. The summed E-state index contributed by atoms with van der Waals surface area (Å²) in [7, 11) is 0. The lowest BCUT2D eigenvalue weighted by atomic mass is 10.2. The van der Waals surface area contributed by atoms with Gasteiger partial charge in [0, 0.05) is 43.9 Å².